The Morgan fingerprint density at radius 1 is 1.71 bits per heavy atom. The highest BCUT2D eigenvalue weighted by molar-refractivity contribution is 5.21. The lowest BCUT2D eigenvalue weighted by Crippen LogP contribution is -1.88. The zero-order valence-electron chi connectivity index (χ0n) is 4.26. The highest BCUT2D eigenvalue weighted by atomic mass is 15.6. The maximum atomic E-state index is 3.54. The van der Waals surface area contributed by atoms with Gasteiger partial charge in [0.15, 0.2) is 0 Å². The Kier molecular flexibility index (Phi) is 4.40. The molecule has 0 bridgehead atoms. The van der Waals surface area contributed by atoms with E-state index in [2.05, 4.69) is 27.7 Å². The lowest BCUT2D eigenvalue weighted by atomic mass is 10.8. The third-order valence-corrected chi connectivity index (χ3v) is 0.328. The average Bonchev–Trinajstić information content (AvgIpc) is 1.69. The molecule has 1 N–H and O–H groups in total. The molecule has 0 amide bonds. The van der Waals surface area contributed by atoms with E-state index in [-0.39, 0.29) is 0 Å². The molecule has 0 aliphatic carbocycles. The van der Waals surface area contributed by atoms with Crippen LogP contribution in [0.4, 0.5) is 0 Å². The normalized spacial score (nSPS) is 9.29. The number of nitrogens with one attached hydrogen (secondary N) is 1. The van der Waals surface area contributed by atoms with Crippen molar-refractivity contribution in [3.8, 4) is 0 Å². The summed E-state index contributed by atoms with van der Waals surface area (Å²) in [5.41, 5.74) is 2.22. The molecule has 0 aromatic carbocycles. The topological polar surface area (TPSA) is 49.1 Å². The number of rotatable bonds is 3. The SMILES string of the molecule is C=NNN=NCC. The van der Waals surface area contributed by atoms with Gasteiger partial charge in [-0.1, -0.05) is 5.22 Å². The first kappa shape index (κ1) is 6.07. The molecule has 40 valence electrons. The van der Waals surface area contributed by atoms with Gasteiger partial charge in [-0.05, 0) is 6.92 Å². The Bertz CT molecular complexity index is 67.3. The number of hydrogen-bond acceptors (Lipinski definition) is 3. The smallest absolute Gasteiger partial charge is 0.0592 e. The predicted octanol–water partition coefficient (Wildman–Crippen LogP) is 0.579. The molecule has 0 aromatic heterocycles. The Hall–Kier alpha value is -0.930. The summed E-state index contributed by atoms with van der Waals surface area (Å²) < 4.78 is 0. The molecule has 0 aromatic rings. The monoisotopic (exact) mass is 100 g/mol. The molecule has 0 unspecified atom stereocenters. The molecule has 0 rings (SSSR count). The van der Waals surface area contributed by atoms with E-state index >= 15 is 0 Å². The highest BCUT2D eigenvalue weighted by Crippen LogP contribution is 1.65. The summed E-state index contributed by atoms with van der Waals surface area (Å²) in [4.78, 5) is 0. The molecule has 0 aliphatic heterocycles. The van der Waals surface area contributed by atoms with Crippen molar-refractivity contribution >= 4 is 6.72 Å². The van der Waals surface area contributed by atoms with E-state index in [4.69, 9.17) is 0 Å². The second-order valence-corrected chi connectivity index (χ2v) is 0.816. The summed E-state index contributed by atoms with van der Waals surface area (Å²) in [7, 11) is 0. The van der Waals surface area contributed by atoms with Crippen LogP contribution in [0, 0.1) is 0 Å². The first-order valence-electron chi connectivity index (χ1n) is 1.99. The van der Waals surface area contributed by atoms with Gasteiger partial charge in [-0.25, -0.2) is 0 Å². The molecule has 0 spiro atoms. The van der Waals surface area contributed by atoms with Crippen LogP contribution in [0.3, 0.4) is 0 Å². The summed E-state index contributed by atoms with van der Waals surface area (Å²) in [6, 6.07) is 0. The van der Waals surface area contributed by atoms with Crippen molar-refractivity contribution in [2.24, 2.45) is 15.4 Å². The van der Waals surface area contributed by atoms with Gasteiger partial charge in [0.1, 0.15) is 0 Å². The van der Waals surface area contributed by atoms with Crippen LogP contribution in [0.1, 0.15) is 6.92 Å². The van der Waals surface area contributed by atoms with Crippen LogP contribution < -0.4 is 5.53 Å². The van der Waals surface area contributed by atoms with Gasteiger partial charge < -0.3 is 0 Å². The second-order valence-electron chi connectivity index (χ2n) is 0.816. The van der Waals surface area contributed by atoms with Crippen molar-refractivity contribution in [3.63, 3.8) is 0 Å². The van der Waals surface area contributed by atoms with E-state index in [1.54, 1.807) is 0 Å². The Labute approximate surface area is 42.3 Å². The molecule has 0 radical (unpaired) electrons. The van der Waals surface area contributed by atoms with Gasteiger partial charge in [0.05, 0.1) is 6.54 Å². The van der Waals surface area contributed by atoms with E-state index in [1.165, 1.54) is 0 Å². The Balaban J connectivity index is 2.92. The molecule has 4 heteroatoms. The molecule has 0 aliphatic rings. The van der Waals surface area contributed by atoms with E-state index in [1.807, 2.05) is 6.92 Å². The minimum Gasteiger partial charge on any atom is -0.180 e. The summed E-state index contributed by atoms with van der Waals surface area (Å²) in [6.07, 6.45) is 0. The minimum absolute atomic E-state index is 0.669. The Morgan fingerprint density at radius 3 is 2.86 bits per heavy atom. The summed E-state index contributed by atoms with van der Waals surface area (Å²) >= 11 is 0. The molecular formula is C3H8N4. The van der Waals surface area contributed by atoms with E-state index in [0.717, 1.165) is 0 Å². The lowest BCUT2D eigenvalue weighted by molar-refractivity contribution is 0.723. The van der Waals surface area contributed by atoms with Crippen LogP contribution >= 0.6 is 0 Å². The lowest BCUT2D eigenvalue weighted by Gasteiger charge is -1.79. The van der Waals surface area contributed by atoms with Crippen molar-refractivity contribution in [1.82, 2.24) is 5.53 Å². The van der Waals surface area contributed by atoms with Crippen LogP contribution in [0.15, 0.2) is 15.4 Å². The molecular weight excluding hydrogens is 92.1 g/mol. The van der Waals surface area contributed by atoms with Gasteiger partial charge in [-0.15, -0.1) is 0 Å². The zero-order chi connectivity index (χ0) is 5.54. The predicted molar refractivity (Wildman–Crippen MR) is 28.1 cm³/mol. The summed E-state index contributed by atoms with van der Waals surface area (Å²) in [6.45, 7) is 5.67. The first-order valence-corrected chi connectivity index (χ1v) is 1.99. The number of hydrogen-bond donors (Lipinski definition) is 1. The van der Waals surface area contributed by atoms with Crippen molar-refractivity contribution in [2.75, 3.05) is 6.54 Å². The summed E-state index contributed by atoms with van der Waals surface area (Å²) in [5.74, 6) is 0. The largest absolute Gasteiger partial charge is 0.180 e. The van der Waals surface area contributed by atoms with Gasteiger partial charge in [0, 0.05) is 6.72 Å². The fourth-order valence-electron chi connectivity index (χ4n) is 0.134. The second kappa shape index (κ2) is 5.07. The van der Waals surface area contributed by atoms with E-state index in [9.17, 15) is 0 Å². The number of nitrogens with zero attached hydrogens (tertiary/aromatic N) is 3. The van der Waals surface area contributed by atoms with E-state index in [0.29, 0.717) is 6.54 Å². The Morgan fingerprint density at radius 2 is 2.43 bits per heavy atom. The van der Waals surface area contributed by atoms with Gasteiger partial charge >= 0.3 is 0 Å². The summed E-state index contributed by atoms with van der Waals surface area (Å²) in [5, 5.41) is 10.1. The van der Waals surface area contributed by atoms with Crippen LogP contribution in [0.2, 0.25) is 0 Å². The van der Waals surface area contributed by atoms with Crippen LogP contribution in [-0.4, -0.2) is 13.3 Å². The first-order chi connectivity index (χ1) is 3.41. The third-order valence-electron chi connectivity index (χ3n) is 0.328. The molecule has 7 heavy (non-hydrogen) atoms. The van der Waals surface area contributed by atoms with E-state index < -0.39 is 0 Å². The third kappa shape index (κ3) is 5.07. The molecule has 0 saturated heterocycles. The molecule has 0 atom stereocenters. The maximum Gasteiger partial charge on any atom is 0.0592 e. The maximum absolute atomic E-state index is 3.54. The fourth-order valence-corrected chi connectivity index (χ4v) is 0.134. The fraction of sp³-hybridized carbons (Fsp3) is 0.667. The van der Waals surface area contributed by atoms with Crippen LogP contribution in [-0.2, 0) is 0 Å². The molecule has 0 heterocycles. The molecule has 0 fully saturated rings. The quantitative estimate of drug-likeness (QED) is 0.315. The number of hydrazone groups is 1. The minimum atomic E-state index is 0.669. The van der Waals surface area contributed by atoms with Gasteiger partial charge in [-0.2, -0.15) is 15.8 Å². The van der Waals surface area contributed by atoms with Crippen molar-refractivity contribution in [1.29, 1.82) is 0 Å². The average molecular weight is 100 g/mol. The van der Waals surface area contributed by atoms with Gasteiger partial charge in [-0.3, -0.25) is 0 Å². The van der Waals surface area contributed by atoms with Crippen molar-refractivity contribution in [2.45, 2.75) is 6.92 Å². The van der Waals surface area contributed by atoms with Crippen LogP contribution in [0.5, 0.6) is 0 Å². The molecule has 0 saturated carbocycles. The van der Waals surface area contributed by atoms with Gasteiger partial charge in [0.25, 0.3) is 0 Å². The highest BCUT2D eigenvalue weighted by Gasteiger charge is 1.60. The van der Waals surface area contributed by atoms with Crippen molar-refractivity contribution < 1.29 is 0 Å². The van der Waals surface area contributed by atoms with Gasteiger partial charge in [0.2, 0.25) is 0 Å². The standard InChI is InChI=1S/C3H8N4/c1-3-5-7-6-4-2/h2-3H2,1H3,(H,5,6). The molecule has 4 nitrogen and oxygen atoms in total. The zero-order valence-corrected chi connectivity index (χ0v) is 4.26. The van der Waals surface area contributed by atoms with Crippen molar-refractivity contribution in [3.05, 3.63) is 0 Å². The van der Waals surface area contributed by atoms with Crippen LogP contribution in [0.25, 0.3) is 0 Å².